The fourth-order valence-corrected chi connectivity index (χ4v) is 3.56. The summed E-state index contributed by atoms with van der Waals surface area (Å²) in [5, 5.41) is 10.0. The Kier molecular flexibility index (Phi) is 5.40. The molecule has 1 aromatic carbocycles. The summed E-state index contributed by atoms with van der Waals surface area (Å²) in [6.07, 6.45) is 0. The lowest BCUT2D eigenvalue weighted by molar-refractivity contribution is -0.384. The summed E-state index contributed by atoms with van der Waals surface area (Å²) in [5.41, 5.74) is -0.648. The third kappa shape index (κ3) is 3.70. The molecule has 0 aliphatic rings. The maximum Gasteiger partial charge on any atom is 0.307 e. The van der Waals surface area contributed by atoms with Gasteiger partial charge >= 0.3 is 5.69 Å². The number of rotatable bonds is 5. The van der Waals surface area contributed by atoms with Gasteiger partial charge in [0.05, 0.1) is 4.92 Å². The van der Waals surface area contributed by atoms with Gasteiger partial charge in [-0.2, -0.15) is 0 Å². The maximum atomic E-state index is 12.0. The third-order valence-corrected chi connectivity index (χ3v) is 4.99. The van der Waals surface area contributed by atoms with Crippen LogP contribution >= 0.6 is 34.8 Å². The monoisotopic (exact) mass is 346 g/mol. The van der Waals surface area contributed by atoms with Crippen molar-refractivity contribution in [3.8, 4) is 0 Å². The standard InChI is InChI=1S/C9H9Cl3N2O4S/c1-5(4-10)13-19(17,18)7-3-2-6(11)9(8(7)12)14(15)16/h2-3,5,13H,4H2,1H3. The van der Waals surface area contributed by atoms with Gasteiger partial charge in [-0.05, 0) is 19.1 Å². The number of nitrogens with zero attached hydrogens (tertiary/aromatic N) is 1. The van der Waals surface area contributed by atoms with Crippen LogP contribution in [0.4, 0.5) is 5.69 Å². The molecule has 0 saturated heterocycles. The lowest BCUT2D eigenvalue weighted by atomic mass is 10.3. The smallest absolute Gasteiger partial charge is 0.258 e. The van der Waals surface area contributed by atoms with E-state index < -0.39 is 36.6 Å². The van der Waals surface area contributed by atoms with E-state index in [0.29, 0.717) is 0 Å². The molecular formula is C9H9Cl3N2O4S. The Balaban J connectivity index is 3.37. The minimum Gasteiger partial charge on any atom is -0.258 e. The number of sulfonamides is 1. The molecule has 0 aromatic heterocycles. The van der Waals surface area contributed by atoms with E-state index in [-0.39, 0.29) is 10.9 Å². The molecule has 0 spiro atoms. The highest BCUT2D eigenvalue weighted by Gasteiger charge is 2.28. The molecule has 0 radical (unpaired) electrons. The zero-order chi connectivity index (χ0) is 14.8. The second-order valence-corrected chi connectivity index (χ2v) is 6.42. The Labute approximate surface area is 124 Å². The Morgan fingerprint density at radius 3 is 2.47 bits per heavy atom. The van der Waals surface area contributed by atoms with Crippen molar-refractivity contribution in [1.82, 2.24) is 4.72 Å². The third-order valence-electron chi connectivity index (χ3n) is 2.09. The average molecular weight is 348 g/mol. The van der Waals surface area contributed by atoms with E-state index in [1.165, 1.54) is 0 Å². The molecule has 106 valence electrons. The molecule has 1 rings (SSSR count). The lowest BCUT2D eigenvalue weighted by Crippen LogP contribution is -2.33. The summed E-state index contributed by atoms with van der Waals surface area (Å²) in [6.45, 7) is 1.54. The van der Waals surface area contributed by atoms with Crippen LogP contribution in [0.15, 0.2) is 17.0 Å². The number of benzene rings is 1. The van der Waals surface area contributed by atoms with Gasteiger partial charge in [0, 0.05) is 11.9 Å². The van der Waals surface area contributed by atoms with Crippen LogP contribution in [-0.2, 0) is 10.0 Å². The highest BCUT2D eigenvalue weighted by molar-refractivity contribution is 7.89. The van der Waals surface area contributed by atoms with Crippen LogP contribution in [0.2, 0.25) is 10.0 Å². The van der Waals surface area contributed by atoms with Crippen LogP contribution in [-0.4, -0.2) is 25.3 Å². The van der Waals surface area contributed by atoms with Gasteiger partial charge in [-0.25, -0.2) is 13.1 Å². The SMILES string of the molecule is CC(CCl)NS(=O)(=O)c1ccc(Cl)c([N+](=O)[O-])c1Cl. The quantitative estimate of drug-likeness (QED) is 0.504. The average Bonchev–Trinajstić information content (AvgIpc) is 2.27. The number of nitro benzene ring substituents is 1. The second kappa shape index (κ2) is 6.23. The number of halogens is 3. The van der Waals surface area contributed by atoms with E-state index in [4.69, 9.17) is 34.8 Å². The van der Waals surface area contributed by atoms with Crippen molar-refractivity contribution < 1.29 is 13.3 Å². The molecular weight excluding hydrogens is 339 g/mol. The largest absolute Gasteiger partial charge is 0.307 e. The van der Waals surface area contributed by atoms with Crippen LogP contribution in [0.3, 0.4) is 0 Å². The van der Waals surface area contributed by atoms with Gasteiger partial charge in [-0.3, -0.25) is 10.1 Å². The number of alkyl halides is 1. The molecule has 0 amide bonds. The first-order valence-corrected chi connectivity index (χ1v) is 7.68. The number of hydrogen-bond donors (Lipinski definition) is 1. The molecule has 6 nitrogen and oxygen atoms in total. The highest BCUT2D eigenvalue weighted by Crippen LogP contribution is 2.37. The highest BCUT2D eigenvalue weighted by atomic mass is 35.5. The summed E-state index contributed by atoms with van der Waals surface area (Å²) in [4.78, 5) is 9.55. The van der Waals surface area contributed by atoms with Crippen LogP contribution in [0.5, 0.6) is 0 Å². The van der Waals surface area contributed by atoms with Crippen LogP contribution in [0.1, 0.15) is 6.92 Å². The molecule has 1 N–H and O–H groups in total. The zero-order valence-electron chi connectivity index (χ0n) is 9.56. The van der Waals surface area contributed by atoms with Gasteiger partial charge in [-0.15, -0.1) is 11.6 Å². The Bertz CT molecular complexity index is 606. The predicted molar refractivity (Wildman–Crippen MR) is 73.6 cm³/mol. The van der Waals surface area contributed by atoms with E-state index >= 15 is 0 Å². The molecule has 0 heterocycles. The number of nitrogens with one attached hydrogen (secondary N) is 1. The fourth-order valence-electron chi connectivity index (χ4n) is 1.26. The Morgan fingerprint density at radius 2 is 2.00 bits per heavy atom. The Hall–Kier alpha value is -0.600. The maximum absolute atomic E-state index is 12.0. The first kappa shape index (κ1) is 16.5. The molecule has 10 heteroatoms. The second-order valence-electron chi connectivity index (χ2n) is 3.64. The zero-order valence-corrected chi connectivity index (χ0v) is 12.6. The first-order chi connectivity index (χ1) is 8.70. The molecule has 0 saturated carbocycles. The van der Waals surface area contributed by atoms with Crippen molar-refractivity contribution >= 4 is 50.5 Å². The summed E-state index contributed by atoms with van der Waals surface area (Å²) in [5.74, 6) is 0.0481. The molecule has 0 fully saturated rings. The molecule has 0 bridgehead atoms. The van der Waals surface area contributed by atoms with Crippen LogP contribution in [0.25, 0.3) is 0 Å². The van der Waals surface area contributed by atoms with Crippen molar-refractivity contribution in [1.29, 1.82) is 0 Å². The molecule has 1 atom stereocenters. The van der Waals surface area contributed by atoms with Gasteiger partial charge in [0.25, 0.3) is 0 Å². The predicted octanol–water partition coefficient (Wildman–Crippen LogP) is 2.81. The summed E-state index contributed by atoms with van der Waals surface area (Å²) >= 11 is 16.9. The van der Waals surface area contributed by atoms with E-state index in [0.717, 1.165) is 12.1 Å². The van der Waals surface area contributed by atoms with Gasteiger partial charge in [-0.1, -0.05) is 23.2 Å². The van der Waals surface area contributed by atoms with Crippen molar-refractivity contribution in [2.45, 2.75) is 17.9 Å². The molecule has 1 unspecified atom stereocenters. The van der Waals surface area contributed by atoms with Gasteiger partial charge < -0.3 is 0 Å². The molecule has 1 aromatic rings. The van der Waals surface area contributed by atoms with Gasteiger partial charge in [0.1, 0.15) is 14.9 Å². The van der Waals surface area contributed by atoms with Crippen molar-refractivity contribution in [3.63, 3.8) is 0 Å². The minimum atomic E-state index is -4.00. The lowest BCUT2D eigenvalue weighted by Gasteiger charge is -2.12. The number of hydrogen-bond acceptors (Lipinski definition) is 4. The van der Waals surface area contributed by atoms with E-state index in [2.05, 4.69) is 4.72 Å². The molecule has 0 aliphatic heterocycles. The summed E-state index contributed by atoms with van der Waals surface area (Å²) < 4.78 is 26.2. The van der Waals surface area contributed by atoms with Crippen molar-refractivity contribution in [2.75, 3.05) is 5.88 Å². The van der Waals surface area contributed by atoms with Gasteiger partial charge in [0.2, 0.25) is 10.0 Å². The van der Waals surface area contributed by atoms with Crippen molar-refractivity contribution in [2.24, 2.45) is 0 Å². The van der Waals surface area contributed by atoms with E-state index in [1.54, 1.807) is 6.92 Å². The summed E-state index contributed by atoms with van der Waals surface area (Å²) in [7, 11) is -4.00. The van der Waals surface area contributed by atoms with Gasteiger partial charge in [0.15, 0.2) is 0 Å². The van der Waals surface area contributed by atoms with E-state index in [9.17, 15) is 18.5 Å². The number of nitro groups is 1. The fraction of sp³-hybridized carbons (Fsp3) is 0.333. The Morgan fingerprint density at radius 1 is 1.42 bits per heavy atom. The molecule has 0 aliphatic carbocycles. The topological polar surface area (TPSA) is 89.3 Å². The van der Waals surface area contributed by atoms with Crippen molar-refractivity contribution in [3.05, 3.63) is 32.3 Å². The van der Waals surface area contributed by atoms with Crippen LogP contribution < -0.4 is 4.72 Å². The normalized spacial score (nSPS) is 13.3. The first-order valence-electron chi connectivity index (χ1n) is 4.91. The minimum absolute atomic E-state index is 0.0481. The van der Waals surface area contributed by atoms with Crippen LogP contribution in [0, 0.1) is 10.1 Å². The molecule has 19 heavy (non-hydrogen) atoms. The van der Waals surface area contributed by atoms with E-state index in [1.807, 2.05) is 0 Å². The summed E-state index contributed by atoms with van der Waals surface area (Å²) in [6, 6.07) is 1.66.